The van der Waals surface area contributed by atoms with Crippen LogP contribution in [0.4, 0.5) is 5.82 Å². The van der Waals surface area contributed by atoms with Gasteiger partial charge < -0.3 is 4.90 Å². The van der Waals surface area contributed by atoms with Crippen LogP contribution in [0, 0.1) is 6.92 Å². The number of nitrogens with zero attached hydrogens (tertiary/aromatic N) is 5. The molecule has 0 bridgehead atoms. The lowest BCUT2D eigenvalue weighted by atomic mass is 10.3. The van der Waals surface area contributed by atoms with Crippen molar-refractivity contribution in [3.8, 4) is 0 Å². The molecule has 0 fully saturated rings. The summed E-state index contributed by atoms with van der Waals surface area (Å²) in [5.41, 5.74) is 0.898. The van der Waals surface area contributed by atoms with Crippen molar-refractivity contribution >= 4 is 23.2 Å². The molecule has 0 N–H and O–H groups in total. The number of hydrogen-bond donors (Lipinski definition) is 0. The highest BCUT2D eigenvalue weighted by Gasteiger charge is 2.12. The van der Waals surface area contributed by atoms with Gasteiger partial charge in [0.25, 0.3) is 5.78 Å². The van der Waals surface area contributed by atoms with Crippen LogP contribution < -0.4 is 4.90 Å². The van der Waals surface area contributed by atoms with Gasteiger partial charge in [0.2, 0.25) is 0 Å². The van der Waals surface area contributed by atoms with Gasteiger partial charge in [-0.1, -0.05) is 25.4 Å². The van der Waals surface area contributed by atoms with E-state index in [0.29, 0.717) is 10.9 Å². The van der Waals surface area contributed by atoms with Gasteiger partial charge in [-0.25, -0.2) is 0 Å². The van der Waals surface area contributed by atoms with Crippen molar-refractivity contribution in [2.75, 3.05) is 19.0 Å². The van der Waals surface area contributed by atoms with E-state index in [2.05, 4.69) is 15.1 Å². The summed E-state index contributed by atoms with van der Waals surface area (Å²) >= 11 is 5.97. The molecule has 6 heteroatoms. The highest BCUT2D eigenvalue weighted by Crippen LogP contribution is 2.23. The number of anilines is 1. The summed E-state index contributed by atoms with van der Waals surface area (Å²) in [4.78, 5) is 10.0. The summed E-state index contributed by atoms with van der Waals surface area (Å²) in [6, 6.07) is 0. The fourth-order valence-electron chi connectivity index (χ4n) is 1.41. The Hall–Kier alpha value is -1.36. The molecular formula is C10H16ClN5. The largest absolute Gasteiger partial charge is 0.362 e. The Morgan fingerprint density at radius 3 is 2.50 bits per heavy atom. The van der Waals surface area contributed by atoms with Crippen LogP contribution in [-0.2, 0) is 0 Å². The molecule has 0 saturated heterocycles. The molecule has 16 heavy (non-hydrogen) atoms. The zero-order valence-electron chi connectivity index (χ0n) is 10.2. The molecule has 2 aromatic rings. The average molecular weight is 242 g/mol. The Labute approximate surface area is 100 Å². The summed E-state index contributed by atoms with van der Waals surface area (Å²) < 4.78 is 1.67. The van der Waals surface area contributed by atoms with Crippen LogP contribution in [-0.4, -0.2) is 33.7 Å². The number of fused-ring (bicyclic) bond motifs is 1. The molecule has 2 rings (SSSR count). The van der Waals surface area contributed by atoms with Gasteiger partial charge in [-0.3, -0.25) is 0 Å². The van der Waals surface area contributed by atoms with Gasteiger partial charge in [-0.05, 0) is 6.92 Å². The van der Waals surface area contributed by atoms with E-state index in [1.165, 1.54) is 6.33 Å². The molecule has 2 aromatic heterocycles. The fraction of sp³-hybridized carbons (Fsp3) is 0.500. The Bertz CT molecular complexity index is 477. The van der Waals surface area contributed by atoms with Crippen LogP contribution >= 0.6 is 11.6 Å². The average Bonchev–Trinajstić information content (AvgIpc) is 2.69. The quantitative estimate of drug-likeness (QED) is 0.718. The van der Waals surface area contributed by atoms with Crippen LogP contribution in [0.5, 0.6) is 0 Å². The van der Waals surface area contributed by atoms with E-state index >= 15 is 0 Å². The van der Waals surface area contributed by atoms with Crippen molar-refractivity contribution in [1.82, 2.24) is 19.6 Å². The lowest BCUT2D eigenvalue weighted by molar-refractivity contribution is 0.885. The van der Waals surface area contributed by atoms with Crippen molar-refractivity contribution in [1.29, 1.82) is 0 Å². The first-order valence-corrected chi connectivity index (χ1v) is 5.52. The van der Waals surface area contributed by atoms with E-state index in [0.717, 1.165) is 11.4 Å². The summed E-state index contributed by atoms with van der Waals surface area (Å²) in [6.07, 6.45) is 1.46. The van der Waals surface area contributed by atoms with E-state index in [1.807, 2.05) is 39.8 Å². The summed E-state index contributed by atoms with van der Waals surface area (Å²) in [7, 11) is 3.86. The molecule has 5 nitrogen and oxygen atoms in total. The molecule has 0 aliphatic carbocycles. The molecule has 0 aliphatic heterocycles. The second-order valence-corrected chi connectivity index (χ2v) is 3.58. The number of rotatable bonds is 1. The molecule has 0 spiro atoms. The Morgan fingerprint density at radius 2 is 1.94 bits per heavy atom. The van der Waals surface area contributed by atoms with Crippen LogP contribution in [0.1, 0.15) is 19.4 Å². The highest BCUT2D eigenvalue weighted by atomic mass is 35.5. The molecule has 0 amide bonds. The fourth-order valence-corrected chi connectivity index (χ4v) is 1.57. The van der Waals surface area contributed by atoms with Crippen LogP contribution in [0.25, 0.3) is 5.78 Å². The maximum atomic E-state index is 5.97. The molecule has 0 atom stereocenters. The Morgan fingerprint density at radius 1 is 1.31 bits per heavy atom. The third-order valence-corrected chi connectivity index (χ3v) is 2.36. The summed E-state index contributed by atoms with van der Waals surface area (Å²) in [5, 5.41) is 4.55. The summed E-state index contributed by atoms with van der Waals surface area (Å²) in [5.74, 6) is 1.42. The van der Waals surface area contributed by atoms with Crippen LogP contribution in [0.15, 0.2) is 6.33 Å². The van der Waals surface area contributed by atoms with E-state index in [9.17, 15) is 0 Å². The maximum absolute atomic E-state index is 5.97. The van der Waals surface area contributed by atoms with Crippen LogP contribution in [0.3, 0.4) is 0 Å². The molecule has 88 valence electrons. The Kier molecular flexibility index (Phi) is 4.06. The monoisotopic (exact) mass is 241 g/mol. The maximum Gasteiger partial charge on any atom is 0.255 e. The molecule has 0 aromatic carbocycles. The third-order valence-electron chi connectivity index (χ3n) is 2.00. The van der Waals surface area contributed by atoms with Gasteiger partial charge in [0.05, 0.1) is 0 Å². The first-order chi connectivity index (χ1) is 7.61. The summed E-state index contributed by atoms with van der Waals surface area (Å²) in [6.45, 7) is 5.91. The lowest BCUT2D eigenvalue weighted by Crippen LogP contribution is -2.16. The standard InChI is InChI=1S/C8H10ClN5.C2H6/c1-5-6(9)12-8-10-4-11-14(8)7(5)13(2)3;1-2/h4H,1-3H3;1-2H3. The van der Waals surface area contributed by atoms with Gasteiger partial charge in [-0.15, -0.1) is 0 Å². The van der Waals surface area contributed by atoms with Gasteiger partial charge >= 0.3 is 0 Å². The third kappa shape index (κ3) is 2.09. The first-order valence-electron chi connectivity index (χ1n) is 5.14. The Balaban J connectivity index is 0.000000606. The number of hydrogen-bond acceptors (Lipinski definition) is 4. The predicted octanol–water partition coefficient (Wildman–Crippen LogP) is 2.18. The van der Waals surface area contributed by atoms with Gasteiger partial charge in [0.1, 0.15) is 17.3 Å². The highest BCUT2D eigenvalue weighted by molar-refractivity contribution is 6.30. The SMILES string of the molecule is CC.Cc1c(Cl)nc2ncnn2c1N(C)C. The first kappa shape index (κ1) is 12.7. The minimum absolute atomic E-state index is 0.467. The van der Waals surface area contributed by atoms with Crippen molar-refractivity contribution < 1.29 is 0 Å². The normalized spacial score (nSPS) is 9.88. The zero-order valence-corrected chi connectivity index (χ0v) is 10.9. The van der Waals surface area contributed by atoms with Gasteiger partial charge in [-0.2, -0.15) is 19.6 Å². The van der Waals surface area contributed by atoms with E-state index < -0.39 is 0 Å². The van der Waals surface area contributed by atoms with E-state index in [-0.39, 0.29) is 0 Å². The van der Waals surface area contributed by atoms with Gasteiger partial charge in [0.15, 0.2) is 0 Å². The molecule has 0 aliphatic rings. The topological polar surface area (TPSA) is 46.3 Å². The molecule has 0 unspecified atom stereocenters. The molecule has 0 radical (unpaired) electrons. The minimum atomic E-state index is 0.467. The number of halogens is 1. The number of aromatic nitrogens is 4. The minimum Gasteiger partial charge on any atom is -0.362 e. The second-order valence-electron chi connectivity index (χ2n) is 3.22. The zero-order chi connectivity index (χ0) is 12.3. The molecule has 2 heterocycles. The predicted molar refractivity (Wildman–Crippen MR) is 66.2 cm³/mol. The van der Waals surface area contributed by atoms with E-state index in [4.69, 9.17) is 11.6 Å². The van der Waals surface area contributed by atoms with Gasteiger partial charge in [0, 0.05) is 19.7 Å². The van der Waals surface area contributed by atoms with Crippen molar-refractivity contribution in [2.45, 2.75) is 20.8 Å². The second kappa shape index (κ2) is 5.12. The smallest absolute Gasteiger partial charge is 0.255 e. The van der Waals surface area contributed by atoms with Crippen LogP contribution in [0.2, 0.25) is 5.15 Å². The van der Waals surface area contributed by atoms with E-state index in [1.54, 1.807) is 4.52 Å². The van der Waals surface area contributed by atoms with Crippen molar-refractivity contribution in [3.05, 3.63) is 17.0 Å². The van der Waals surface area contributed by atoms with Crippen molar-refractivity contribution in [2.24, 2.45) is 0 Å². The van der Waals surface area contributed by atoms with Crippen molar-refractivity contribution in [3.63, 3.8) is 0 Å². The molecular weight excluding hydrogens is 226 g/mol. The lowest BCUT2D eigenvalue weighted by Gasteiger charge is -2.16. The molecule has 0 saturated carbocycles.